The van der Waals surface area contributed by atoms with Crippen LogP contribution in [0.2, 0.25) is 0 Å². The van der Waals surface area contributed by atoms with E-state index in [9.17, 15) is 0 Å². The van der Waals surface area contributed by atoms with Gasteiger partial charge in [0, 0.05) is 17.4 Å². The molecule has 0 rings (SSSR count). The van der Waals surface area contributed by atoms with Gasteiger partial charge in [0.25, 0.3) is 0 Å². The normalized spacial score (nSPS) is 10.9. The first-order valence-electron chi connectivity index (χ1n) is 1.81. The third-order valence-electron chi connectivity index (χ3n) is 0.355. The first kappa shape index (κ1) is 6.69. The molecule has 0 aliphatic heterocycles. The maximum absolute atomic E-state index is 3.37. The van der Waals surface area contributed by atoms with E-state index < -0.39 is 0 Å². The third kappa shape index (κ3) is 5.69. The molecule has 3 heteroatoms. The fourth-order valence-corrected chi connectivity index (χ4v) is 0.237. The van der Waals surface area contributed by atoms with Gasteiger partial charge < -0.3 is 0 Å². The number of nitrogens with zero attached hydrogens (tertiary/aromatic N) is 1. The molecule has 0 fully saturated rings. The van der Waals surface area contributed by atoms with Crippen molar-refractivity contribution in [3.63, 3.8) is 0 Å². The number of nitrogens with one attached hydrogen (secondary N) is 1. The van der Waals surface area contributed by atoms with Crippen LogP contribution >= 0.6 is 15.9 Å². The largest absolute Gasteiger partial charge is 0.286 e. The molecule has 0 amide bonds. The average molecular weight is 163 g/mol. The highest BCUT2D eigenvalue weighted by atomic mass is 79.9. The van der Waals surface area contributed by atoms with Crippen molar-refractivity contribution in [2.24, 2.45) is 5.10 Å². The van der Waals surface area contributed by atoms with Crippen LogP contribution in [0.3, 0.4) is 0 Å². The molecule has 40 valence electrons. The summed E-state index contributed by atoms with van der Waals surface area (Å²) in [6.45, 7) is 5.11. The Morgan fingerprint density at radius 3 is 2.71 bits per heavy atom. The average Bonchev–Trinajstić information content (AvgIpc) is 1.61. The van der Waals surface area contributed by atoms with E-state index in [2.05, 4.69) is 33.2 Å². The maximum Gasteiger partial charge on any atom is 0.0298 e. The summed E-state index contributed by atoms with van der Waals surface area (Å²) in [6, 6.07) is 0. The molecule has 0 saturated carbocycles. The quantitative estimate of drug-likeness (QED) is 0.483. The molecule has 0 spiro atoms. The van der Waals surface area contributed by atoms with Crippen LogP contribution in [0.25, 0.3) is 0 Å². The van der Waals surface area contributed by atoms with Crippen LogP contribution in [0.5, 0.6) is 0 Å². The fourth-order valence-electron chi connectivity index (χ4n) is 0.135. The third-order valence-corrected chi connectivity index (χ3v) is 0.584. The summed E-state index contributed by atoms with van der Waals surface area (Å²) in [4.78, 5) is 0. The van der Waals surface area contributed by atoms with Gasteiger partial charge in [-0.05, 0) is 6.92 Å². The van der Waals surface area contributed by atoms with Gasteiger partial charge in [0.2, 0.25) is 0 Å². The van der Waals surface area contributed by atoms with Crippen molar-refractivity contribution in [3.05, 3.63) is 10.7 Å². The van der Waals surface area contributed by atoms with Crippen molar-refractivity contribution in [1.29, 1.82) is 0 Å². The number of hydrazone groups is 1. The molecule has 0 bridgehead atoms. The predicted molar refractivity (Wildman–Crippen MR) is 35.4 cm³/mol. The van der Waals surface area contributed by atoms with E-state index in [0.29, 0.717) is 0 Å². The minimum atomic E-state index is 1.000. The minimum absolute atomic E-state index is 1.000. The molecule has 0 atom stereocenters. The number of rotatable bonds is 2. The van der Waals surface area contributed by atoms with E-state index in [1.54, 1.807) is 6.20 Å². The number of allylic oxidation sites excluding steroid dienone is 1. The van der Waals surface area contributed by atoms with E-state index >= 15 is 0 Å². The van der Waals surface area contributed by atoms with Crippen molar-refractivity contribution in [3.8, 4) is 0 Å². The standard InChI is InChI=1S/C4H7BrN2/c1-4(5)3-7-6-2/h3,7H,2H2,1H3/b4-3+. The number of halogens is 1. The molecule has 0 saturated heterocycles. The van der Waals surface area contributed by atoms with Crippen molar-refractivity contribution >= 4 is 22.6 Å². The molecular weight excluding hydrogens is 156 g/mol. The molecule has 1 N–H and O–H groups in total. The zero-order valence-corrected chi connectivity index (χ0v) is 5.70. The SMILES string of the molecule is C=NN/C=C(\C)Br. The molecule has 7 heavy (non-hydrogen) atoms. The van der Waals surface area contributed by atoms with Gasteiger partial charge in [0.15, 0.2) is 0 Å². The maximum atomic E-state index is 3.37. The summed E-state index contributed by atoms with van der Waals surface area (Å²) in [7, 11) is 0. The molecular formula is C4H7BrN2. The fraction of sp³-hybridized carbons (Fsp3) is 0.250. The van der Waals surface area contributed by atoms with E-state index in [1.807, 2.05) is 6.92 Å². The van der Waals surface area contributed by atoms with Crippen LogP contribution in [0, 0.1) is 0 Å². The minimum Gasteiger partial charge on any atom is -0.286 e. The molecule has 0 aromatic heterocycles. The van der Waals surface area contributed by atoms with Crippen molar-refractivity contribution in [2.45, 2.75) is 6.92 Å². The Kier molecular flexibility index (Phi) is 3.69. The van der Waals surface area contributed by atoms with Crippen LogP contribution in [-0.4, -0.2) is 6.72 Å². The Morgan fingerprint density at radius 1 is 2.00 bits per heavy atom. The van der Waals surface area contributed by atoms with Crippen LogP contribution < -0.4 is 5.43 Å². The molecule has 2 nitrogen and oxygen atoms in total. The lowest BCUT2D eigenvalue weighted by Crippen LogP contribution is -1.89. The van der Waals surface area contributed by atoms with E-state index in [0.717, 1.165) is 4.48 Å². The van der Waals surface area contributed by atoms with Gasteiger partial charge in [0.1, 0.15) is 0 Å². The lowest BCUT2D eigenvalue weighted by atomic mass is 10.7. The van der Waals surface area contributed by atoms with Gasteiger partial charge in [-0.3, -0.25) is 5.43 Å². The van der Waals surface area contributed by atoms with Gasteiger partial charge in [-0.2, -0.15) is 5.10 Å². The summed E-state index contributed by atoms with van der Waals surface area (Å²) in [5.74, 6) is 0. The van der Waals surface area contributed by atoms with Crippen molar-refractivity contribution < 1.29 is 0 Å². The molecule has 0 aromatic carbocycles. The summed E-state index contributed by atoms with van der Waals surface area (Å²) in [6.07, 6.45) is 1.70. The smallest absolute Gasteiger partial charge is 0.0298 e. The Balaban J connectivity index is 3.25. The first-order chi connectivity index (χ1) is 3.27. The summed E-state index contributed by atoms with van der Waals surface area (Å²) in [5.41, 5.74) is 2.55. The monoisotopic (exact) mass is 162 g/mol. The second-order valence-corrected chi connectivity index (χ2v) is 2.27. The lowest BCUT2D eigenvalue weighted by molar-refractivity contribution is 0.977. The van der Waals surface area contributed by atoms with Gasteiger partial charge in [-0.1, -0.05) is 15.9 Å². The van der Waals surface area contributed by atoms with Crippen LogP contribution in [0.4, 0.5) is 0 Å². The zero-order valence-electron chi connectivity index (χ0n) is 4.11. The highest BCUT2D eigenvalue weighted by Crippen LogP contribution is 1.97. The highest BCUT2D eigenvalue weighted by molar-refractivity contribution is 9.11. The Hall–Kier alpha value is -0.310. The molecule has 0 unspecified atom stereocenters. The van der Waals surface area contributed by atoms with Gasteiger partial charge >= 0.3 is 0 Å². The van der Waals surface area contributed by atoms with Crippen molar-refractivity contribution in [2.75, 3.05) is 0 Å². The highest BCUT2D eigenvalue weighted by Gasteiger charge is 1.70. The van der Waals surface area contributed by atoms with E-state index in [4.69, 9.17) is 0 Å². The van der Waals surface area contributed by atoms with Crippen LogP contribution in [0.1, 0.15) is 6.92 Å². The lowest BCUT2D eigenvalue weighted by Gasteiger charge is -1.84. The number of hydrogen-bond acceptors (Lipinski definition) is 2. The van der Waals surface area contributed by atoms with E-state index in [-0.39, 0.29) is 0 Å². The Labute approximate surface area is 51.4 Å². The second kappa shape index (κ2) is 3.87. The van der Waals surface area contributed by atoms with E-state index in [1.165, 1.54) is 0 Å². The first-order valence-corrected chi connectivity index (χ1v) is 2.60. The Bertz CT molecular complexity index is 83.7. The molecule has 0 heterocycles. The van der Waals surface area contributed by atoms with Crippen LogP contribution in [0.15, 0.2) is 15.8 Å². The predicted octanol–water partition coefficient (Wildman–Crippen LogP) is 1.45. The van der Waals surface area contributed by atoms with Gasteiger partial charge in [0.05, 0.1) is 0 Å². The summed E-state index contributed by atoms with van der Waals surface area (Å²) >= 11 is 3.19. The van der Waals surface area contributed by atoms with Crippen LogP contribution in [-0.2, 0) is 0 Å². The molecule has 0 radical (unpaired) electrons. The van der Waals surface area contributed by atoms with Gasteiger partial charge in [-0.15, -0.1) is 0 Å². The summed E-state index contributed by atoms with van der Waals surface area (Å²) < 4.78 is 1.000. The van der Waals surface area contributed by atoms with Gasteiger partial charge in [-0.25, -0.2) is 0 Å². The topological polar surface area (TPSA) is 24.4 Å². The Morgan fingerprint density at radius 2 is 2.57 bits per heavy atom. The zero-order chi connectivity index (χ0) is 5.70. The molecule has 0 aromatic rings. The summed E-state index contributed by atoms with van der Waals surface area (Å²) in [5, 5.41) is 3.37. The molecule has 0 aliphatic rings. The van der Waals surface area contributed by atoms with Crippen molar-refractivity contribution in [1.82, 2.24) is 5.43 Å². The number of hydrogen-bond donors (Lipinski definition) is 1. The molecule has 0 aliphatic carbocycles. The second-order valence-electron chi connectivity index (χ2n) is 1.02.